The maximum Gasteiger partial charge on any atom is 0.128 e. The smallest absolute Gasteiger partial charge is 0.128 e. The summed E-state index contributed by atoms with van der Waals surface area (Å²) < 4.78 is 5.73. The highest BCUT2D eigenvalue weighted by Gasteiger charge is 2.00. The van der Waals surface area contributed by atoms with E-state index >= 15 is 0 Å². The van der Waals surface area contributed by atoms with Gasteiger partial charge in [0.05, 0.1) is 0 Å². The van der Waals surface area contributed by atoms with Gasteiger partial charge in [0.1, 0.15) is 11.5 Å². The van der Waals surface area contributed by atoms with Gasteiger partial charge < -0.3 is 10.5 Å². The second-order valence-corrected chi connectivity index (χ2v) is 3.75. The van der Waals surface area contributed by atoms with Crippen LogP contribution >= 0.6 is 0 Å². The van der Waals surface area contributed by atoms with Gasteiger partial charge in [0.15, 0.2) is 0 Å². The Kier molecular flexibility index (Phi) is 3.58. The van der Waals surface area contributed by atoms with Crippen LogP contribution in [0.15, 0.2) is 61.2 Å². The fourth-order valence-electron chi connectivity index (χ4n) is 1.52. The standard InChI is InChI=1S/C15H15NO/c1-12(11-16)13-6-5-9-15(10-13)17-14-7-3-2-4-8-14/h2-10H,1,11,16H2. The fourth-order valence-corrected chi connectivity index (χ4v) is 1.52. The molecular weight excluding hydrogens is 210 g/mol. The quantitative estimate of drug-likeness (QED) is 0.865. The van der Waals surface area contributed by atoms with Crippen molar-refractivity contribution in [2.45, 2.75) is 0 Å². The number of para-hydroxylation sites is 1. The molecule has 2 rings (SSSR count). The zero-order valence-corrected chi connectivity index (χ0v) is 9.60. The normalized spacial score (nSPS) is 9.94. The summed E-state index contributed by atoms with van der Waals surface area (Å²) in [5.41, 5.74) is 7.49. The van der Waals surface area contributed by atoms with Crippen molar-refractivity contribution in [3.8, 4) is 11.5 Å². The summed E-state index contributed by atoms with van der Waals surface area (Å²) in [5, 5.41) is 0. The molecule has 2 aromatic rings. The van der Waals surface area contributed by atoms with Crippen molar-refractivity contribution in [3.63, 3.8) is 0 Å². The Morgan fingerprint density at radius 1 is 1.00 bits per heavy atom. The molecule has 2 nitrogen and oxygen atoms in total. The van der Waals surface area contributed by atoms with Crippen LogP contribution in [0.1, 0.15) is 5.56 Å². The van der Waals surface area contributed by atoms with Gasteiger partial charge in [0, 0.05) is 6.54 Å². The highest BCUT2D eigenvalue weighted by atomic mass is 16.5. The second-order valence-electron chi connectivity index (χ2n) is 3.75. The summed E-state index contributed by atoms with van der Waals surface area (Å²) in [4.78, 5) is 0. The minimum absolute atomic E-state index is 0.453. The third-order valence-electron chi connectivity index (χ3n) is 2.47. The molecule has 0 aliphatic rings. The monoisotopic (exact) mass is 225 g/mol. The van der Waals surface area contributed by atoms with Crippen molar-refractivity contribution < 1.29 is 4.74 Å². The minimum Gasteiger partial charge on any atom is -0.457 e. The molecule has 0 bridgehead atoms. The Morgan fingerprint density at radius 2 is 1.71 bits per heavy atom. The van der Waals surface area contributed by atoms with E-state index in [1.54, 1.807) is 0 Å². The van der Waals surface area contributed by atoms with Crippen LogP contribution in [0.4, 0.5) is 0 Å². The van der Waals surface area contributed by atoms with Crippen LogP contribution in [-0.4, -0.2) is 6.54 Å². The number of ether oxygens (including phenoxy) is 1. The van der Waals surface area contributed by atoms with E-state index in [1.165, 1.54) is 0 Å². The van der Waals surface area contributed by atoms with E-state index in [4.69, 9.17) is 10.5 Å². The van der Waals surface area contributed by atoms with Crippen LogP contribution in [0.5, 0.6) is 11.5 Å². The molecule has 0 atom stereocenters. The third kappa shape index (κ3) is 2.95. The third-order valence-corrected chi connectivity index (χ3v) is 2.47. The summed E-state index contributed by atoms with van der Waals surface area (Å²) in [6.07, 6.45) is 0. The fraction of sp³-hybridized carbons (Fsp3) is 0.0667. The number of hydrogen-bond acceptors (Lipinski definition) is 2. The van der Waals surface area contributed by atoms with Crippen LogP contribution in [-0.2, 0) is 0 Å². The van der Waals surface area contributed by atoms with Crippen molar-refractivity contribution in [2.24, 2.45) is 5.73 Å². The molecule has 0 spiro atoms. The van der Waals surface area contributed by atoms with E-state index < -0.39 is 0 Å². The van der Waals surface area contributed by atoms with Crippen LogP contribution in [0.25, 0.3) is 5.57 Å². The van der Waals surface area contributed by atoms with Crippen LogP contribution in [0.3, 0.4) is 0 Å². The van der Waals surface area contributed by atoms with E-state index in [9.17, 15) is 0 Å². The molecule has 86 valence electrons. The van der Waals surface area contributed by atoms with Crippen molar-refractivity contribution in [1.82, 2.24) is 0 Å². The lowest BCUT2D eigenvalue weighted by Gasteiger charge is -2.08. The van der Waals surface area contributed by atoms with Crippen LogP contribution < -0.4 is 10.5 Å². The van der Waals surface area contributed by atoms with Gasteiger partial charge >= 0.3 is 0 Å². The van der Waals surface area contributed by atoms with Gasteiger partial charge in [-0.1, -0.05) is 36.9 Å². The molecule has 2 heteroatoms. The number of rotatable bonds is 4. The van der Waals surface area contributed by atoms with Crippen LogP contribution in [0, 0.1) is 0 Å². The first kappa shape index (κ1) is 11.4. The molecular formula is C15H15NO. The van der Waals surface area contributed by atoms with Gasteiger partial charge in [-0.05, 0) is 35.4 Å². The zero-order valence-electron chi connectivity index (χ0n) is 9.60. The molecule has 0 saturated carbocycles. The second kappa shape index (κ2) is 5.32. The van der Waals surface area contributed by atoms with Gasteiger partial charge in [-0.2, -0.15) is 0 Å². The summed E-state index contributed by atoms with van der Waals surface area (Å²) in [6.45, 7) is 4.36. The molecule has 0 aliphatic carbocycles. The van der Waals surface area contributed by atoms with E-state index in [0.29, 0.717) is 6.54 Å². The molecule has 0 heterocycles. The molecule has 0 radical (unpaired) electrons. The van der Waals surface area contributed by atoms with Gasteiger partial charge in [-0.15, -0.1) is 0 Å². The van der Waals surface area contributed by atoms with Gasteiger partial charge in [-0.25, -0.2) is 0 Å². The maximum absolute atomic E-state index is 5.73. The number of nitrogens with two attached hydrogens (primary N) is 1. The first-order chi connectivity index (χ1) is 8.29. The average Bonchev–Trinajstić information content (AvgIpc) is 2.39. The summed E-state index contributed by atoms with van der Waals surface area (Å²) in [6, 6.07) is 17.5. The molecule has 2 aromatic carbocycles. The summed E-state index contributed by atoms with van der Waals surface area (Å²) in [5.74, 6) is 1.62. The van der Waals surface area contributed by atoms with Crippen molar-refractivity contribution in [1.29, 1.82) is 0 Å². The minimum atomic E-state index is 0.453. The van der Waals surface area contributed by atoms with E-state index in [2.05, 4.69) is 6.58 Å². The van der Waals surface area contributed by atoms with Crippen molar-refractivity contribution >= 4 is 5.57 Å². The lowest BCUT2D eigenvalue weighted by Crippen LogP contribution is -2.00. The van der Waals surface area contributed by atoms with Gasteiger partial charge in [0.25, 0.3) is 0 Å². The first-order valence-corrected chi connectivity index (χ1v) is 5.51. The predicted molar refractivity (Wildman–Crippen MR) is 71.0 cm³/mol. The maximum atomic E-state index is 5.73. The zero-order chi connectivity index (χ0) is 12.1. The molecule has 0 saturated heterocycles. The predicted octanol–water partition coefficient (Wildman–Crippen LogP) is 3.45. The SMILES string of the molecule is C=C(CN)c1cccc(Oc2ccccc2)c1. The summed E-state index contributed by atoms with van der Waals surface area (Å²) in [7, 11) is 0. The Hall–Kier alpha value is -2.06. The van der Waals surface area contributed by atoms with E-state index in [-0.39, 0.29) is 0 Å². The molecule has 0 aliphatic heterocycles. The largest absolute Gasteiger partial charge is 0.457 e. The van der Waals surface area contributed by atoms with Crippen molar-refractivity contribution in [2.75, 3.05) is 6.54 Å². The van der Waals surface area contributed by atoms with Gasteiger partial charge in [-0.3, -0.25) is 0 Å². The topological polar surface area (TPSA) is 35.2 Å². The lowest BCUT2D eigenvalue weighted by molar-refractivity contribution is 0.482. The molecule has 17 heavy (non-hydrogen) atoms. The Bertz CT molecular complexity index is 505. The van der Waals surface area contributed by atoms with E-state index in [1.807, 2.05) is 54.6 Å². The number of benzene rings is 2. The highest BCUT2D eigenvalue weighted by molar-refractivity contribution is 5.65. The molecule has 0 aromatic heterocycles. The van der Waals surface area contributed by atoms with Crippen LogP contribution in [0.2, 0.25) is 0 Å². The average molecular weight is 225 g/mol. The Balaban J connectivity index is 2.20. The Labute approximate surface area is 101 Å². The molecule has 0 amide bonds. The van der Waals surface area contributed by atoms with Gasteiger partial charge in [0.2, 0.25) is 0 Å². The van der Waals surface area contributed by atoms with Crippen molar-refractivity contribution in [3.05, 3.63) is 66.7 Å². The first-order valence-electron chi connectivity index (χ1n) is 5.51. The van der Waals surface area contributed by atoms with E-state index in [0.717, 1.165) is 22.6 Å². The lowest BCUT2D eigenvalue weighted by atomic mass is 10.1. The molecule has 0 fully saturated rings. The molecule has 2 N–H and O–H groups in total. The Morgan fingerprint density at radius 3 is 2.41 bits per heavy atom. The molecule has 0 unspecified atom stereocenters. The number of hydrogen-bond donors (Lipinski definition) is 1. The summed E-state index contributed by atoms with van der Waals surface area (Å²) >= 11 is 0. The highest BCUT2D eigenvalue weighted by Crippen LogP contribution is 2.23.